The van der Waals surface area contributed by atoms with Gasteiger partial charge in [-0.3, -0.25) is 4.90 Å². The molecule has 1 aliphatic rings. The van der Waals surface area contributed by atoms with Crippen molar-refractivity contribution in [1.29, 1.82) is 0 Å². The predicted octanol–water partition coefficient (Wildman–Crippen LogP) is 3.83. The summed E-state index contributed by atoms with van der Waals surface area (Å²) in [6, 6.07) is 14.3. The number of fused-ring (bicyclic) bond motifs is 1. The Morgan fingerprint density at radius 2 is 1.73 bits per heavy atom. The van der Waals surface area contributed by atoms with Crippen molar-refractivity contribution in [2.45, 2.75) is 31.9 Å². The van der Waals surface area contributed by atoms with Gasteiger partial charge in [-0.25, -0.2) is 0 Å². The van der Waals surface area contributed by atoms with E-state index in [2.05, 4.69) is 23.1 Å². The van der Waals surface area contributed by atoms with Crippen LogP contribution in [-0.2, 0) is 0 Å². The first-order valence-electron chi connectivity index (χ1n) is 7.87. The Kier molecular flexibility index (Phi) is 6.49. The maximum absolute atomic E-state index is 10.2. The van der Waals surface area contributed by atoms with Crippen molar-refractivity contribution in [3.05, 3.63) is 42.5 Å². The average molecular weight is 322 g/mol. The van der Waals surface area contributed by atoms with Crippen LogP contribution < -0.4 is 4.74 Å². The molecule has 2 aromatic carbocycles. The van der Waals surface area contributed by atoms with Gasteiger partial charge in [0.2, 0.25) is 0 Å². The van der Waals surface area contributed by atoms with Gasteiger partial charge in [0.1, 0.15) is 12.0 Å². The molecule has 1 unspecified atom stereocenters. The van der Waals surface area contributed by atoms with Crippen LogP contribution in [0.1, 0.15) is 25.7 Å². The third-order valence-corrected chi connectivity index (χ3v) is 4.20. The lowest BCUT2D eigenvalue weighted by Gasteiger charge is -2.31. The molecule has 0 aromatic heterocycles. The first-order valence-corrected chi connectivity index (χ1v) is 7.87. The van der Waals surface area contributed by atoms with E-state index in [4.69, 9.17) is 4.74 Å². The summed E-state index contributed by atoms with van der Waals surface area (Å²) in [5.74, 6) is 0.902. The molecule has 3 rings (SSSR count). The summed E-state index contributed by atoms with van der Waals surface area (Å²) in [6.07, 6.45) is 3.96. The van der Waals surface area contributed by atoms with Crippen molar-refractivity contribution in [2.75, 3.05) is 19.7 Å². The number of halogens is 1. The second-order valence-electron chi connectivity index (χ2n) is 5.69. The zero-order valence-electron chi connectivity index (χ0n) is 12.8. The molecule has 2 aromatic rings. The zero-order valence-corrected chi connectivity index (χ0v) is 13.6. The van der Waals surface area contributed by atoms with E-state index in [-0.39, 0.29) is 18.6 Å². The van der Waals surface area contributed by atoms with Gasteiger partial charge >= 0.3 is 0 Å². The number of piperidine rings is 1. The fourth-order valence-electron chi connectivity index (χ4n) is 2.99. The molecule has 1 fully saturated rings. The summed E-state index contributed by atoms with van der Waals surface area (Å²) >= 11 is 0. The standard InChI is InChI=1S/C18H23NO2.ClH/c20-18(19-12-4-1-5-13-19)11-14-21-17-10-6-8-15-7-2-3-9-16(15)17;/h2-3,6-10,18,20H,1,4-5,11-14H2;1H. The number of likely N-dealkylation sites (tertiary alicyclic amines) is 1. The lowest BCUT2D eigenvalue weighted by Crippen LogP contribution is -2.39. The van der Waals surface area contributed by atoms with Gasteiger partial charge in [-0.05, 0) is 24.3 Å². The summed E-state index contributed by atoms with van der Waals surface area (Å²) in [5, 5.41) is 12.5. The van der Waals surface area contributed by atoms with Crippen molar-refractivity contribution >= 4 is 23.2 Å². The summed E-state index contributed by atoms with van der Waals surface area (Å²) in [6.45, 7) is 2.57. The van der Waals surface area contributed by atoms with Crippen LogP contribution >= 0.6 is 12.4 Å². The first-order chi connectivity index (χ1) is 10.3. The number of benzene rings is 2. The highest BCUT2D eigenvalue weighted by atomic mass is 35.5. The SMILES string of the molecule is Cl.OC(CCOc1cccc2ccccc12)N1CCCCC1. The molecule has 3 nitrogen and oxygen atoms in total. The highest BCUT2D eigenvalue weighted by Crippen LogP contribution is 2.25. The number of hydrogen-bond donors (Lipinski definition) is 1. The van der Waals surface area contributed by atoms with E-state index in [0.29, 0.717) is 13.0 Å². The van der Waals surface area contributed by atoms with Gasteiger partial charge < -0.3 is 9.84 Å². The second-order valence-corrected chi connectivity index (χ2v) is 5.69. The van der Waals surface area contributed by atoms with Crippen molar-refractivity contribution < 1.29 is 9.84 Å². The van der Waals surface area contributed by atoms with Crippen LogP contribution in [0.4, 0.5) is 0 Å². The quantitative estimate of drug-likeness (QED) is 0.908. The van der Waals surface area contributed by atoms with E-state index in [0.717, 1.165) is 24.2 Å². The van der Waals surface area contributed by atoms with E-state index < -0.39 is 0 Å². The molecule has 120 valence electrons. The number of aliphatic hydroxyl groups excluding tert-OH is 1. The molecule has 22 heavy (non-hydrogen) atoms. The molecular formula is C18H24ClNO2. The van der Waals surface area contributed by atoms with Gasteiger partial charge in [0.15, 0.2) is 0 Å². The molecule has 0 spiro atoms. The molecule has 1 atom stereocenters. The summed E-state index contributed by atoms with van der Waals surface area (Å²) in [7, 11) is 0. The fourth-order valence-corrected chi connectivity index (χ4v) is 2.99. The normalized spacial score (nSPS) is 17.0. The van der Waals surface area contributed by atoms with Gasteiger partial charge in [0.05, 0.1) is 6.61 Å². The van der Waals surface area contributed by atoms with Crippen LogP contribution in [0.25, 0.3) is 10.8 Å². The Balaban J connectivity index is 0.00000176. The number of hydrogen-bond acceptors (Lipinski definition) is 3. The number of nitrogens with zero attached hydrogens (tertiary/aromatic N) is 1. The van der Waals surface area contributed by atoms with Crippen LogP contribution in [0.15, 0.2) is 42.5 Å². The fraction of sp³-hybridized carbons (Fsp3) is 0.444. The Labute approximate surface area is 138 Å². The maximum Gasteiger partial charge on any atom is 0.127 e. The zero-order chi connectivity index (χ0) is 14.5. The van der Waals surface area contributed by atoms with Gasteiger partial charge in [0, 0.05) is 24.9 Å². The predicted molar refractivity (Wildman–Crippen MR) is 92.7 cm³/mol. The van der Waals surface area contributed by atoms with Gasteiger partial charge in [0.25, 0.3) is 0 Å². The Morgan fingerprint density at radius 3 is 2.55 bits per heavy atom. The molecule has 1 saturated heterocycles. The van der Waals surface area contributed by atoms with Crippen LogP contribution in [0.5, 0.6) is 5.75 Å². The Bertz CT molecular complexity index is 579. The Hall–Kier alpha value is -1.29. The lowest BCUT2D eigenvalue weighted by molar-refractivity contribution is -0.0205. The van der Waals surface area contributed by atoms with Gasteiger partial charge in [-0.1, -0.05) is 42.8 Å². The summed E-state index contributed by atoms with van der Waals surface area (Å²) < 4.78 is 5.89. The third-order valence-electron chi connectivity index (χ3n) is 4.20. The molecule has 0 radical (unpaired) electrons. The number of ether oxygens (including phenoxy) is 1. The first kappa shape index (κ1) is 17.1. The minimum absolute atomic E-state index is 0. The van der Waals surface area contributed by atoms with Gasteiger partial charge in [-0.15, -0.1) is 12.4 Å². The van der Waals surface area contributed by atoms with Crippen molar-refractivity contribution in [3.8, 4) is 5.75 Å². The Morgan fingerprint density at radius 1 is 1.00 bits per heavy atom. The number of aliphatic hydroxyl groups is 1. The minimum Gasteiger partial charge on any atom is -0.493 e. The van der Waals surface area contributed by atoms with Crippen molar-refractivity contribution in [2.24, 2.45) is 0 Å². The lowest BCUT2D eigenvalue weighted by atomic mass is 10.1. The van der Waals surface area contributed by atoms with E-state index in [1.807, 2.05) is 24.3 Å². The molecule has 0 aliphatic carbocycles. The van der Waals surface area contributed by atoms with Crippen molar-refractivity contribution in [1.82, 2.24) is 4.90 Å². The van der Waals surface area contributed by atoms with Crippen molar-refractivity contribution in [3.63, 3.8) is 0 Å². The maximum atomic E-state index is 10.2. The summed E-state index contributed by atoms with van der Waals surface area (Å²) in [5.41, 5.74) is 0. The molecule has 0 amide bonds. The van der Waals surface area contributed by atoms with Crippen LogP contribution in [-0.4, -0.2) is 35.9 Å². The smallest absolute Gasteiger partial charge is 0.127 e. The third kappa shape index (κ3) is 4.13. The van der Waals surface area contributed by atoms with E-state index in [1.165, 1.54) is 24.6 Å². The molecule has 0 saturated carbocycles. The largest absolute Gasteiger partial charge is 0.493 e. The topological polar surface area (TPSA) is 32.7 Å². The highest BCUT2D eigenvalue weighted by Gasteiger charge is 2.17. The number of rotatable bonds is 5. The summed E-state index contributed by atoms with van der Waals surface area (Å²) in [4.78, 5) is 2.16. The molecule has 1 heterocycles. The average Bonchev–Trinajstić information content (AvgIpc) is 2.56. The van der Waals surface area contributed by atoms with Crippen LogP contribution in [0.3, 0.4) is 0 Å². The highest BCUT2D eigenvalue weighted by molar-refractivity contribution is 5.88. The second kappa shape index (κ2) is 8.37. The van der Waals surface area contributed by atoms with E-state index >= 15 is 0 Å². The molecule has 1 N–H and O–H groups in total. The van der Waals surface area contributed by atoms with E-state index in [1.54, 1.807) is 0 Å². The molecule has 4 heteroatoms. The molecular weight excluding hydrogens is 298 g/mol. The van der Waals surface area contributed by atoms with E-state index in [9.17, 15) is 5.11 Å². The monoisotopic (exact) mass is 321 g/mol. The molecule has 0 bridgehead atoms. The van der Waals surface area contributed by atoms with Gasteiger partial charge in [-0.2, -0.15) is 0 Å². The van der Waals surface area contributed by atoms with Crippen LogP contribution in [0.2, 0.25) is 0 Å². The van der Waals surface area contributed by atoms with Crippen LogP contribution in [0, 0.1) is 0 Å². The molecule has 1 aliphatic heterocycles. The minimum atomic E-state index is -0.375.